The van der Waals surface area contributed by atoms with E-state index in [1.807, 2.05) is 0 Å². The highest BCUT2D eigenvalue weighted by molar-refractivity contribution is 7.13. The minimum Gasteiger partial charge on any atom is -0.493 e. The van der Waals surface area contributed by atoms with Gasteiger partial charge in [0.15, 0.2) is 16.9 Å². The zero-order valence-corrected chi connectivity index (χ0v) is 17.9. The van der Waals surface area contributed by atoms with Gasteiger partial charge in [0.25, 0.3) is 5.91 Å². The van der Waals surface area contributed by atoms with Crippen LogP contribution in [-0.2, 0) is 0 Å². The summed E-state index contributed by atoms with van der Waals surface area (Å²) in [6.07, 6.45) is 0. The Morgan fingerprint density at radius 2 is 2.00 bits per heavy atom. The highest BCUT2D eigenvalue weighted by Gasteiger charge is 2.46. The van der Waals surface area contributed by atoms with Gasteiger partial charge in [-0.1, -0.05) is 35.1 Å². The second-order valence-corrected chi connectivity index (χ2v) is 7.94. The number of amides is 1. The molecule has 156 valence electrons. The largest absolute Gasteiger partial charge is 0.493 e. The van der Waals surface area contributed by atoms with Crippen LogP contribution in [0.3, 0.4) is 0 Å². The summed E-state index contributed by atoms with van der Waals surface area (Å²) < 4.78 is 16.9. The number of para-hydroxylation sites is 1. The topological polar surface area (TPSA) is 94.8 Å². The zero-order chi connectivity index (χ0) is 21.7. The van der Waals surface area contributed by atoms with Crippen molar-refractivity contribution in [2.75, 3.05) is 19.1 Å². The van der Waals surface area contributed by atoms with E-state index in [-0.39, 0.29) is 27.7 Å². The van der Waals surface area contributed by atoms with E-state index in [1.54, 1.807) is 30.3 Å². The second kappa shape index (κ2) is 7.36. The molecule has 0 bridgehead atoms. The number of hydrogen-bond acceptors (Lipinski definition) is 8. The van der Waals surface area contributed by atoms with E-state index >= 15 is 0 Å². The van der Waals surface area contributed by atoms with Gasteiger partial charge in [0.05, 0.1) is 25.2 Å². The number of methoxy groups -OCH3 is 2. The lowest BCUT2D eigenvalue weighted by Crippen LogP contribution is -2.29. The molecule has 10 heteroatoms. The summed E-state index contributed by atoms with van der Waals surface area (Å²) in [5.74, 6) is 0.322. The third kappa shape index (κ3) is 2.88. The number of aromatic nitrogens is 2. The standard InChI is InChI=1S/C21H14ClN3O5S/c1-28-14-5-3-4-11(18(14)29-2)16-15-17(26)12-8-10(22)6-7-13(12)30-19(15)20(27)25(16)21-24-23-9-31-21/h3-9,16H,1-2H3. The lowest BCUT2D eigenvalue weighted by atomic mass is 9.97. The molecule has 0 aliphatic carbocycles. The lowest BCUT2D eigenvalue weighted by Gasteiger charge is -2.24. The molecule has 1 aliphatic rings. The van der Waals surface area contributed by atoms with Crippen LogP contribution in [0.2, 0.25) is 5.02 Å². The molecule has 0 saturated carbocycles. The fraction of sp³-hybridized carbons (Fsp3) is 0.143. The van der Waals surface area contributed by atoms with E-state index in [0.29, 0.717) is 27.2 Å². The Bertz CT molecular complexity index is 1390. The van der Waals surface area contributed by atoms with Gasteiger partial charge in [-0.05, 0) is 24.3 Å². The summed E-state index contributed by atoms with van der Waals surface area (Å²) in [5, 5.41) is 8.90. The number of hydrogen-bond donors (Lipinski definition) is 0. The van der Waals surface area contributed by atoms with Crippen molar-refractivity contribution >= 4 is 44.9 Å². The fourth-order valence-electron chi connectivity index (χ4n) is 3.84. The first-order chi connectivity index (χ1) is 15.0. The quantitative estimate of drug-likeness (QED) is 0.457. The molecule has 2 aromatic carbocycles. The average molecular weight is 456 g/mol. The van der Waals surface area contributed by atoms with Crippen LogP contribution >= 0.6 is 22.9 Å². The van der Waals surface area contributed by atoms with Crippen molar-refractivity contribution in [3.8, 4) is 11.5 Å². The number of nitrogens with zero attached hydrogens (tertiary/aromatic N) is 3. The molecule has 8 nitrogen and oxygen atoms in total. The molecule has 2 aromatic heterocycles. The number of halogens is 1. The zero-order valence-electron chi connectivity index (χ0n) is 16.3. The molecule has 0 radical (unpaired) electrons. The van der Waals surface area contributed by atoms with Crippen LogP contribution < -0.4 is 19.8 Å². The molecular formula is C21H14ClN3O5S. The Balaban J connectivity index is 1.87. The van der Waals surface area contributed by atoms with E-state index in [9.17, 15) is 9.59 Å². The van der Waals surface area contributed by atoms with Crippen LogP contribution in [-0.4, -0.2) is 30.3 Å². The van der Waals surface area contributed by atoms with Crippen LogP contribution in [0.5, 0.6) is 11.5 Å². The molecule has 1 aliphatic heterocycles. The minimum absolute atomic E-state index is 0.0510. The van der Waals surface area contributed by atoms with Crippen LogP contribution in [0.1, 0.15) is 27.7 Å². The molecule has 1 unspecified atom stereocenters. The molecule has 1 atom stereocenters. The molecule has 3 heterocycles. The highest BCUT2D eigenvalue weighted by atomic mass is 35.5. The van der Waals surface area contributed by atoms with Crippen molar-refractivity contribution in [3.63, 3.8) is 0 Å². The van der Waals surface area contributed by atoms with Crippen LogP contribution in [0.4, 0.5) is 5.13 Å². The van der Waals surface area contributed by atoms with Crippen LogP contribution in [0.25, 0.3) is 11.0 Å². The van der Waals surface area contributed by atoms with E-state index in [0.717, 1.165) is 0 Å². The van der Waals surface area contributed by atoms with Crippen molar-refractivity contribution < 1.29 is 18.7 Å². The molecule has 0 N–H and O–H groups in total. The van der Waals surface area contributed by atoms with E-state index in [2.05, 4.69) is 10.2 Å². The molecule has 0 fully saturated rings. The maximum Gasteiger partial charge on any atom is 0.297 e. The lowest BCUT2D eigenvalue weighted by molar-refractivity contribution is 0.0970. The first-order valence-electron chi connectivity index (χ1n) is 9.12. The first-order valence-corrected chi connectivity index (χ1v) is 10.4. The third-order valence-corrected chi connectivity index (χ3v) is 6.04. The second-order valence-electron chi connectivity index (χ2n) is 6.70. The summed E-state index contributed by atoms with van der Waals surface area (Å²) in [6, 6.07) is 9.12. The van der Waals surface area contributed by atoms with Gasteiger partial charge in [0.2, 0.25) is 10.9 Å². The third-order valence-electron chi connectivity index (χ3n) is 5.11. The van der Waals surface area contributed by atoms with Crippen molar-refractivity contribution in [2.45, 2.75) is 6.04 Å². The minimum atomic E-state index is -0.847. The highest BCUT2D eigenvalue weighted by Crippen LogP contribution is 2.46. The van der Waals surface area contributed by atoms with E-state index < -0.39 is 11.9 Å². The van der Waals surface area contributed by atoms with Gasteiger partial charge in [0.1, 0.15) is 17.1 Å². The molecule has 0 saturated heterocycles. The van der Waals surface area contributed by atoms with E-state index in [4.69, 9.17) is 25.5 Å². The summed E-state index contributed by atoms with van der Waals surface area (Å²) in [4.78, 5) is 28.4. The molecular weight excluding hydrogens is 442 g/mol. The number of rotatable bonds is 4. The van der Waals surface area contributed by atoms with E-state index in [1.165, 1.54) is 42.0 Å². The Morgan fingerprint density at radius 1 is 1.16 bits per heavy atom. The van der Waals surface area contributed by atoms with Gasteiger partial charge in [0, 0.05) is 10.6 Å². The fourth-order valence-corrected chi connectivity index (χ4v) is 4.59. The normalized spacial score (nSPS) is 15.4. The van der Waals surface area contributed by atoms with Crippen LogP contribution in [0, 0.1) is 0 Å². The number of carbonyl (C=O) groups excluding carboxylic acids is 1. The predicted octanol–water partition coefficient (Wildman–Crippen LogP) is 4.06. The molecule has 5 rings (SSSR count). The number of benzene rings is 2. The molecule has 1 amide bonds. The number of anilines is 1. The molecule has 0 spiro atoms. The maximum atomic E-state index is 13.6. The van der Waals surface area contributed by atoms with Gasteiger partial charge >= 0.3 is 0 Å². The molecule has 31 heavy (non-hydrogen) atoms. The summed E-state index contributed by atoms with van der Waals surface area (Å²) in [7, 11) is 3.01. The van der Waals surface area contributed by atoms with Gasteiger partial charge in [-0.2, -0.15) is 0 Å². The SMILES string of the molecule is COc1cccc(C2c3c(oc4ccc(Cl)cc4c3=O)C(=O)N2c2nncs2)c1OC. The van der Waals surface area contributed by atoms with Gasteiger partial charge in [-0.15, -0.1) is 10.2 Å². The number of ether oxygens (including phenoxy) is 2. The van der Waals surface area contributed by atoms with Crippen molar-refractivity contribution in [1.29, 1.82) is 0 Å². The Kier molecular flexibility index (Phi) is 4.64. The van der Waals surface area contributed by atoms with Crippen molar-refractivity contribution in [3.05, 3.63) is 74.0 Å². The van der Waals surface area contributed by atoms with Gasteiger partial charge < -0.3 is 13.9 Å². The van der Waals surface area contributed by atoms with Crippen LogP contribution in [0.15, 0.2) is 51.1 Å². The summed E-state index contributed by atoms with van der Waals surface area (Å²) >= 11 is 7.28. The number of fused-ring (bicyclic) bond motifs is 2. The summed E-state index contributed by atoms with van der Waals surface area (Å²) in [6.45, 7) is 0. The smallest absolute Gasteiger partial charge is 0.297 e. The Hall–Kier alpha value is -3.43. The maximum absolute atomic E-state index is 13.6. The average Bonchev–Trinajstić information content (AvgIpc) is 3.40. The van der Waals surface area contributed by atoms with Crippen molar-refractivity contribution in [2.24, 2.45) is 0 Å². The number of carbonyl (C=O) groups is 1. The summed E-state index contributed by atoms with van der Waals surface area (Å²) in [5.41, 5.74) is 2.17. The first kappa shape index (κ1) is 19.5. The van der Waals surface area contributed by atoms with Gasteiger partial charge in [-0.25, -0.2) is 0 Å². The predicted molar refractivity (Wildman–Crippen MR) is 116 cm³/mol. The molecule has 4 aromatic rings. The monoisotopic (exact) mass is 455 g/mol. The van der Waals surface area contributed by atoms with Crippen molar-refractivity contribution in [1.82, 2.24) is 10.2 Å². The Labute approximate surface area is 184 Å². The van der Waals surface area contributed by atoms with Gasteiger partial charge in [-0.3, -0.25) is 14.5 Å². The Morgan fingerprint density at radius 3 is 2.71 bits per heavy atom.